The Labute approximate surface area is 187 Å². The van der Waals surface area contributed by atoms with Gasteiger partial charge in [-0.3, -0.25) is 4.79 Å². The predicted molar refractivity (Wildman–Crippen MR) is 130 cm³/mol. The van der Waals surface area contributed by atoms with Gasteiger partial charge < -0.3 is 21.1 Å². The van der Waals surface area contributed by atoms with Crippen LogP contribution in [0.3, 0.4) is 0 Å². The Hall–Kier alpha value is -2.41. The van der Waals surface area contributed by atoms with Gasteiger partial charge in [0.2, 0.25) is 0 Å². The van der Waals surface area contributed by atoms with E-state index in [4.69, 9.17) is 9.90 Å². The summed E-state index contributed by atoms with van der Waals surface area (Å²) in [5.41, 5.74) is 0.916. The highest BCUT2D eigenvalue weighted by Gasteiger charge is 2.19. The number of nitrogens with zero attached hydrogens (tertiary/aromatic N) is 2. The first-order valence-electron chi connectivity index (χ1n) is 11.4. The SMILES string of the molecule is CC(=O)O.CC1(C)N=CNC(=NCc2ccccc2)N1.CC1CCCCCCCCN1. The standard InChI is InChI=1S/C12H16N4.C10H21N.C2H4O2/c1-12(2)15-9-14-11(16-12)13-8-10-6-4-3-5-7-10;1-10-8-6-4-2-3-5-7-9-11-10;1-2(3)4/h3-7,9H,8H2,1-2H3,(H2,13,14,15,16);10-11H,2-9H2,1H3;1H3,(H,3,4). The minimum atomic E-state index is -0.833. The molecule has 1 aromatic rings. The second-order valence-corrected chi connectivity index (χ2v) is 8.52. The van der Waals surface area contributed by atoms with Crippen molar-refractivity contribution in [1.29, 1.82) is 0 Å². The molecule has 1 unspecified atom stereocenters. The van der Waals surface area contributed by atoms with Crippen molar-refractivity contribution >= 4 is 18.3 Å². The molecule has 0 radical (unpaired) electrons. The first kappa shape index (κ1) is 26.6. The Bertz CT molecular complexity index is 660. The largest absolute Gasteiger partial charge is 0.481 e. The second-order valence-electron chi connectivity index (χ2n) is 8.52. The van der Waals surface area contributed by atoms with Crippen molar-refractivity contribution in [2.24, 2.45) is 9.98 Å². The van der Waals surface area contributed by atoms with Crippen molar-refractivity contribution in [2.75, 3.05) is 6.54 Å². The molecule has 0 amide bonds. The number of hydrogen-bond donors (Lipinski definition) is 4. The van der Waals surface area contributed by atoms with E-state index in [2.05, 4.69) is 45.0 Å². The maximum atomic E-state index is 9.00. The van der Waals surface area contributed by atoms with E-state index in [0.717, 1.165) is 18.9 Å². The monoisotopic (exact) mass is 431 g/mol. The molecule has 1 saturated heterocycles. The summed E-state index contributed by atoms with van der Waals surface area (Å²) in [6, 6.07) is 10.9. The van der Waals surface area contributed by atoms with Crippen LogP contribution in [0.4, 0.5) is 0 Å². The van der Waals surface area contributed by atoms with E-state index in [9.17, 15) is 0 Å². The van der Waals surface area contributed by atoms with Gasteiger partial charge in [0.25, 0.3) is 5.97 Å². The minimum absolute atomic E-state index is 0.277. The summed E-state index contributed by atoms with van der Waals surface area (Å²) in [5, 5.41) is 17.2. The van der Waals surface area contributed by atoms with Crippen LogP contribution in [-0.4, -0.2) is 41.6 Å². The molecule has 0 aliphatic carbocycles. The van der Waals surface area contributed by atoms with Crippen molar-refractivity contribution in [1.82, 2.24) is 16.0 Å². The molecule has 7 heteroatoms. The van der Waals surface area contributed by atoms with Gasteiger partial charge in [0.05, 0.1) is 12.9 Å². The van der Waals surface area contributed by atoms with E-state index >= 15 is 0 Å². The third-order valence-corrected chi connectivity index (χ3v) is 4.83. The molecule has 174 valence electrons. The number of guanidine groups is 1. The summed E-state index contributed by atoms with van der Waals surface area (Å²) in [4.78, 5) is 17.7. The number of aliphatic carboxylic acids is 1. The molecule has 3 rings (SSSR count). The van der Waals surface area contributed by atoms with Gasteiger partial charge in [-0.15, -0.1) is 0 Å². The highest BCUT2D eigenvalue weighted by atomic mass is 16.4. The molecule has 0 bridgehead atoms. The van der Waals surface area contributed by atoms with Gasteiger partial charge >= 0.3 is 0 Å². The average Bonchev–Trinajstić information content (AvgIpc) is 2.72. The van der Waals surface area contributed by atoms with E-state index in [0.29, 0.717) is 6.54 Å². The number of carboxylic acids is 1. The van der Waals surface area contributed by atoms with E-state index in [1.807, 2.05) is 32.0 Å². The minimum Gasteiger partial charge on any atom is -0.481 e. The molecule has 0 saturated carbocycles. The fourth-order valence-electron chi connectivity index (χ4n) is 3.18. The lowest BCUT2D eigenvalue weighted by Gasteiger charge is -2.27. The molecule has 0 aromatic heterocycles. The maximum absolute atomic E-state index is 9.00. The molecule has 2 heterocycles. The highest BCUT2D eigenvalue weighted by Crippen LogP contribution is 2.10. The zero-order valence-corrected chi connectivity index (χ0v) is 19.7. The van der Waals surface area contributed by atoms with Gasteiger partial charge in [0.15, 0.2) is 5.96 Å². The molecule has 0 spiro atoms. The quantitative estimate of drug-likeness (QED) is 0.560. The zero-order valence-electron chi connectivity index (χ0n) is 19.7. The number of aliphatic imine (C=N–C) groups is 2. The van der Waals surface area contributed by atoms with Crippen LogP contribution >= 0.6 is 0 Å². The van der Waals surface area contributed by atoms with E-state index in [1.165, 1.54) is 57.1 Å². The van der Waals surface area contributed by atoms with Crippen LogP contribution in [0.1, 0.15) is 78.2 Å². The summed E-state index contributed by atoms with van der Waals surface area (Å²) in [5.74, 6) is -0.0659. The van der Waals surface area contributed by atoms with Crippen molar-refractivity contribution in [3.8, 4) is 0 Å². The average molecular weight is 432 g/mol. The number of benzene rings is 1. The summed E-state index contributed by atoms with van der Waals surface area (Å²) in [6.45, 7) is 9.30. The predicted octanol–water partition coefficient (Wildman–Crippen LogP) is 4.30. The van der Waals surface area contributed by atoms with Gasteiger partial charge in [-0.05, 0) is 45.7 Å². The first-order chi connectivity index (χ1) is 14.8. The number of nitrogens with one attached hydrogen (secondary N) is 3. The lowest BCUT2D eigenvalue weighted by Crippen LogP contribution is -2.52. The van der Waals surface area contributed by atoms with Crippen LogP contribution < -0.4 is 16.0 Å². The first-order valence-corrected chi connectivity index (χ1v) is 11.4. The summed E-state index contributed by atoms with van der Waals surface area (Å²) in [7, 11) is 0. The summed E-state index contributed by atoms with van der Waals surface area (Å²) < 4.78 is 0. The fourth-order valence-corrected chi connectivity index (χ4v) is 3.18. The number of carboxylic acid groups (broad SMARTS) is 1. The van der Waals surface area contributed by atoms with Gasteiger partial charge in [-0.25, -0.2) is 9.98 Å². The molecular weight excluding hydrogens is 390 g/mol. The third-order valence-electron chi connectivity index (χ3n) is 4.83. The van der Waals surface area contributed by atoms with Crippen molar-refractivity contribution < 1.29 is 9.90 Å². The van der Waals surface area contributed by atoms with Crippen LogP contribution in [0.25, 0.3) is 0 Å². The molecule has 1 fully saturated rings. The van der Waals surface area contributed by atoms with E-state index in [-0.39, 0.29) is 5.66 Å². The van der Waals surface area contributed by atoms with Crippen molar-refractivity contribution in [3.63, 3.8) is 0 Å². The van der Waals surface area contributed by atoms with Gasteiger partial charge in [0.1, 0.15) is 5.66 Å². The lowest BCUT2D eigenvalue weighted by atomic mass is 10.0. The normalized spacial score (nSPS) is 21.8. The van der Waals surface area contributed by atoms with Crippen molar-refractivity contribution in [3.05, 3.63) is 35.9 Å². The molecule has 1 aromatic carbocycles. The molecule has 2 aliphatic heterocycles. The topological polar surface area (TPSA) is 98.1 Å². The summed E-state index contributed by atoms with van der Waals surface area (Å²) in [6.07, 6.45) is 11.7. The Morgan fingerprint density at radius 1 is 1.13 bits per heavy atom. The van der Waals surface area contributed by atoms with Crippen molar-refractivity contribution in [2.45, 2.75) is 90.9 Å². The Kier molecular flexibility index (Phi) is 13.2. The Morgan fingerprint density at radius 3 is 2.39 bits per heavy atom. The van der Waals surface area contributed by atoms with E-state index < -0.39 is 5.97 Å². The maximum Gasteiger partial charge on any atom is 0.300 e. The lowest BCUT2D eigenvalue weighted by molar-refractivity contribution is -0.134. The number of hydrogen-bond acceptors (Lipinski definition) is 4. The number of rotatable bonds is 2. The molecule has 7 nitrogen and oxygen atoms in total. The summed E-state index contributed by atoms with van der Waals surface area (Å²) >= 11 is 0. The number of carbonyl (C=O) groups is 1. The second kappa shape index (κ2) is 15.4. The van der Waals surface area contributed by atoms with Crippen LogP contribution in [0.15, 0.2) is 40.3 Å². The molecule has 1 atom stereocenters. The smallest absolute Gasteiger partial charge is 0.300 e. The molecule has 4 N–H and O–H groups in total. The van der Waals surface area contributed by atoms with Crippen LogP contribution in [0, 0.1) is 0 Å². The van der Waals surface area contributed by atoms with Crippen LogP contribution in [0.2, 0.25) is 0 Å². The van der Waals surface area contributed by atoms with Gasteiger partial charge in [-0.2, -0.15) is 0 Å². The van der Waals surface area contributed by atoms with Gasteiger partial charge in [-0.1, -0.05) is 62.4 Å². The fraction of sp³-hybridized carbons (Fsp3) is 0.625. The third kappa shape index (κ3) is 15.1. The zero-order chi connectivity index (χ0) is 23.0. The molecule has 31 heavy (non-hydrogen) atoms. The molecule has 2 aliphatic rings. The highest BCUT2D eigenvalue weighted by molar-refractivity contribution is 5.92. The van der Waals surface area contributed by atoms with Gasteiger partial charge in [0, 0.05) is 13.0 Å². The van der Waals surface area contributed by atoms with Crippen LogP contribution in [-0.2, 0) is 11.3 Å². The molecular formula is C24H41N5O2. The Balaban J connectivity index is 0.000000278. The Morgan fingerprint density at radius 2 is 1.74 bits per heavy atom. The van der Waals surface area contributed by atoms with Crippen LogP contribution in [0.5, 0.6) is 0 Å². The van der Waals surface area contributed by atoms with E-state index in [1.54, 1.807) is 6.34 Å².